The molecule has 0 aliphatic rings. The topological polar surface area (TPSA) is 89.3 Å². The van der Waals surface area contributed by atoms with Crippen molar-refractivity contribution < 1.29 is 13.3 Å². The molecule has 1 rings (SSSR count). The Labute approximate surface area is 106 Å². The van der Waals surface area contributed by atoms with E-state index in [-0.39, 0.29) is 17.5 Å². The molecule has 0 amide bonds. The third kappa shape index (κ3) is 4.42. The second-order valence-electron chi connectivity index (χ2n) is 4.11. The minimum absolute atomic E-state index is 0.105. The van der Waals surface area contributed by atoms with Crippen molar-refractivity contribution in [2.75, 3.05) is 0 Å². The van der Waals surface area contributed by atoms with Gasteiger partial charge in [0, 0.05) is 18.2 Å². The number of nitro benzene ring substituents is 1. The van der Waals surface area contributed by atoms with Crippen LogP contribution in [0.5, 0.6) is 0 Å². The molecule has 0 fully saturated rings. The maximum atomic E-state index is 11.8. The molecule has 0 spiro atoms. The van der Waals surface area contributed by atoms with Gasteiger partial charge < -0.3 is 0 Å². The van der Waals surface area contributed by atoms with Crippen molar-refractivity contribution in [2.45, 2.75) is 32.1 Å². The predicted molar refractivity (Wildman–Crippen MR) is 68.6 cm³/mol. The van der Waals surface area contributed by atoms with Gasteiger partial charge in [0.1, 0.15) is 0 Å². The summed E-state index contributed by atoms with van der Waals surface area (Å²) in [6.45, 7) is 3.64. The summed E-state index contributed by atoms with van der Waals surface area (Å²) >= 11 is 0. The number of benzene rings is 1. The Hall–Kier alpha value is -1.47. The highest BCUT2D eigenvalue weighted by Crippen LogP contribution is 2.15. The monoisotopic (exact) mass is 272 g/mol. The zero-order valence-electron chi connectivity index (χ0n) is 10.3. The zero-order valence-corrected chi connectivity index (χ0v) is 11.1. The van der Waals surface area contributed by atoms with E-state index in [1.807, 2.05) is 6.92 Å². The lowest BCUT2D eigenvalue weighted by Crippen LogP contribution is -2.32. The van der Waals surface area contributed by atoms with Gasteiger partial charge in [-0.05, 0) is 18.9 Å². The first-order valence-corrected chi connectivity index (χ1v) is 7.22. The minimum Gasteiger partial charge on any atom is -0.258 e. The van der Waals surface area contributed by atoms with Crippen LogP contribution in [0.15, 0.2) is 24.3 Å². The van der Waals surface area contributed by atoms with E-state index in [4.69, 9.17) is 0 Å². The summed E-state index contributed by atoms with van der Waals surface area (Å²) in [7, 11) is -3.46. The van der Waals surface area contributed by atoms with Gasteiger partial charge in [0.2, 0.25) is 10.0 Å². The van der Waals surface area contributed by atoms with Gasteiger partial charge in [-0.15, -0.1) is 0 Å². The van der Waals surface area contributed by atoms with Gasteiger partial charge in [-0.3, -0.25) is 10.1 Å². The van der Waals surface area contributed by atoms with Crippen LogP contribution in [0, 0.1) is 10.1 Å². The fourth-order valence-corrected chi connectivity index (χ4v) is 2.89. The number of hydrogen-bond donors (Lipinski definition) is 1. The largest absolute Gasteiger partial charge is 0.269 e. The summed E-state index contributed by atoms with van der Waals surface area (Å²) in [6.07, 6.45) is 0.689. The highest BCUT2D eigenvalue weighted by molar-refractivity contribution is 7.88. The smallest absolute Gasteiger partial charge is 0.258 e. The molecule has 0 saturated heterocycles. The molecule has 0 saturated carbocycles. The van der Waals surface area contributed by atoms with E-state index in [0.29, 0.717) is 12.0 Å². The molecular weight excluding hydrogens is 256 g/mol. The van der Waals surface area contributed by atoms with Gasteiger partial charge in [-0.2, -0.15) is 0 Å². The van der Waals surface area contributed by atoms with Crippen molar-refractivity contribution in [1.29, 1.82) is 0 Å². The molecule has 1 aromatic carbocycles. The van der Waals surface area contributed by atoms with Gasteiger partial charge in [-0.25, -0.2) is 13.1 Å². The molecule has 0 heterocycles. The quantitative estimate of drug-likeness (QED) is 0.631. The van der Waals surface area contributed by atoms with Crippen LogP contribution in [0.4, 0.5) is 5.69 Å². The van der Waals surface area contributed by atoms with Gasteiger partial charge in [0.25, 0.3) is 5.69 Å². The van der Waals surface area contributed by atoms with E-state index in [9.17, 15) is 18.5 Å². The standard InChI is InChI=1S/C11H16N2O4S/c1-3-9(2)12-18(16,17)8-10-5-4-6-11(7-10)13(14)15/h4-7,9,12H,3,8H2,1-2H3/t9-/m0/s1. The maximum absolute atomic E-state index is 11.8. The maximum Gasteiger partial charge on any atom is 0.269 e. The average molecular weight is 272 g/mol. The van der Waals surface area contributed by atoms with Gasteiger partial charge in [0.15, 0.2) is 0 Å². The molecule has 1 aromatic rings. The summed E-state index contributed by atoms with van der Waals surface area (Å²) in [6, 6.07) is 5.50. The number of non-ortho nitro benzene ring substituents is 1. The summed E-state index contributed by atoms with van der Waals surface area (Å²) in [4.78, 5) is 10.0. The molecule has 1 atom stereocenters. The number of nitrogens with one attached hydrogen (secondary N) is 1. The lowest BCUT2D eigenvalue weighted by molar-refractivity contribution is -0.384. The number of rotatable bonds is 6. The summed E-state index contributed by atoms with van der Waals surface area (Å²) < 4.78 is 26.0. The summed E-state index contributed by atoms with van der Waals surface area (Å²) in [5.41, 5.74) is 0.297. The first kappa shape index (κ1) is 14.6. The third-order valence-corrected chi connectivity index (χ3v) is 3.95. The van der Waals surface area contributed by atoms with Crippen LogP contribution in [0.2, 0.25) is 0 Å². The lowest BCUT2D eigenvalue weighted by atomic mass is 10.2. The van der Waals surface area contributed by atoms with Crippen molar-refractivity contribution in [3.05, 3.63) is 39.9 Å². The van der Waals surface area contributed by atoms with E-state index in [0.717, 1.165) is 0 Å². The molecule has 0 aliphatic heterocycles. The number of nitrogens with zero attached hydrogens (tertiary/aromatic N) is 1. The zero-order chi connectivity index (χ0) is 13.8. The van der Waals surface area contributed by atoms with Crippen LogP contribution < -0.4 is 4.72 Å². The van der Waals surface area contributed by atoms with Gasteiger partial charge in [-0.1, -0.05) is 19.1 Å². The Bertz CT molecular complexity index is 528. The Morgan fingerprint density at radius 3 is 2.67 bits per heavy atom. The van der Waals surface area contributed by atoms with Crippen molar-refractivity contribution >= 4 is 15.7 Å². The molecule has 100 valence electrons. The number of hydrogen-bond acceptors (Lipinski definition) is 4. The summed E-state index contributed by atoms with van der Waals surface area (Å²) in [5, 5.41) is 10.6. The Balaban J connectivity index is 2.84. The Morgan fingerprint density at radius 1 is 1.44 bits per heavy atom. The third-order valence-electron chi connectivity index (χ3n) is 2.47. The fourth-order valence-electron chi connectivity index (χ4n) is 1.41. The molecule has 0 radical (unpaired) electrons. The molecular formula is C11H16N2O4S. The van der Waals surface area contributed by atoms with Crippen LogP contribution in [0.1, 0.15) is 25.8 Å². The molecule has 1 N–H and O–H groups in total. The van der Waals surface area contributed by atoms with Crippen molar-refractivity contribution in [3.63, 3.8) is 0 Å². The molecule has 18 heavy (non-hydrogen) atoms. The first-order valence-electron chi connectivity index (χ1n) is 5.57. The molecule has 0 bridgehead atoms. The van der Waals surface area contributed by atoms with E-state index in [2.05, 4.69) is 4.72 Å². The van der Waals surface area contributed by atoms with Crippen LogP contribution in [-0.4, -0.2) is 19.4 Å². The van der Waals surface area contributed by atoms with Crippen molar-refractivity contribution in [3.8, 4) is 0 Å². The van der Waals surface area contributed by atoms with Crippen molar-refractivity contribution in [2.24, 2.45) is 0 Å². The normalized spacial score (nSPS) is 13.2. The van der Waals surface area contributed by atoms with Crippen LogP contribution in [0.3, 0.4) is 0 Å². The van der Waals surface area contributed by atoms with Crippen molar-refractivity contribution in [1.82, 2.24) is 4.72 Å². The SMILES string of the molecule is CC[C@H](C)NS(=O)(=O)Cc1cccc([N+](=O)[O-])c1. The molecule has 0 unspecified atom stereocenters. The Morgan fingerprint density at radius 2 is 2.11 bits per heavy atom. The van der Waals surface area contributed by atoms with Crippen LogP contribution in [-0.2, 0) is 15.8 Å². The van der Waals surface area contributed by atoms with E-state index in [1.165, 1.54) is 18.2 Å². The summed E-state index contributed by atoms with van der Waals surface area (Å²) in [5.74, 6) is -0.251. The van der Waals surface area contributed by atoms with Gasteiger partial charge >= 0.3 is 0 Å². The van der Waals surface area contributed by atoms with Crippen LogP contribution >= 0.6 is 0 Å². The fraction of sp³-hybridized carbons (Fsp3) is 0.455. The second-order valence-corrected chi connectivity index (χ2v) is 5.87. The molecule has 0 aliphatic carbocycles. The first-order chi connectivity index (χ1) is 8.34. The van der Waals surface area contributed by atoms with Gasteiger partial charge in [0.05, 0.1) is 10.7 Å². The number of sulfonamides is 1. The molecule has 7 heteroatoms. The van der Waals surface area contributed by atoms with E-state index in [1.54, 1.807) is 13.0 Å². The predicted octanol–water partition coefficient (Wildman–Crippen LogP) is 1.81. The van der Waals surface area contributed by atoms with E-state index >= 15 is 0 Å². The minimum atomic E-state index is -3.46. The number of nitro groups is 1. The highest BCUT2D eigenvalue weighted by Gasteiger charge is 2.16. The second kappa shape index (κ2) is 5.92. The van der Waals surface area contributed by atoms with Crippen LogP contribution in [0.25, 0.3) is 0 Å². The Kier molecular flexibility index (Phi) is 4.80. The van der Waals surface area contributed by atoms with E-state index < -0.39 is 14.9 Å². The molecule has 0 aromatic heterocycles. The lowest BCUT2D eigenvalue weighted by Gasteiger charge is -2.11. The highest BCUT2D eigenvalue weighted by atomic mass is 32.2. The average Bonchev–Trinajstić information content (AvgIpc) is 2.27. The molecule has 6 nitrogen and oxygen atoms in total.